The smallest absolute Gasteiger partial charge is 0.410 e. The van der Waals surface area contributed by atoms with Crippen molar-refractivity contribution in [3.8, 4) is 5.75 Å². The molecule has 9 nitrogen and oxygen atoms in total. The summed E-state index contributed by atoms with van der Waals surface area (Å²) in [6.45, 7) is 4.69. The van der Waals surface area contributed by atoms with Gasteiger partial charge in [-0.2, -0.15) is 0 Å². The van der Waals surface area contributed by atoms with E-state index in [-0.39, 0.29) is 30.1 Å². The molecule has 0 radical (unpaired) electrons. The van der Waals surface area contributed by atoms with Gasteiger partial charge in [-0.1, -0.05) is 11.6 Å². The number of pyridine rings is 1. The van der Waals surface area contributed by atoms with Crippen LogP contribution < -0.4 is 9.72 Å². The molecule has 1 aliphatic rings. The summed E-state index contributed by atoms with van der Waals surface area (Å²) in [6, 6.07) is 0.520. The Hall–Kier alpha value is -2.40. The lowest BCUT2D eigenvalue weighted by molar-refractivity contribution is -0.143. The van der Waals surface area contributed by atoms with Crippen LogP contribution in [0.5, 0.6) is 5.75 Å². The van der Waals surface area contributed by atoms with Gasteiger partial charge in [0.25, 0.3) is 0 Å². The third-order valence-electron chi connectivity index (χ3n) is 4.00. The second-order valence-corrected chi connectivity index (χ2v) is 10.5. The minimum Gasteiger partial charge on any atom is -0.482 e. The van der Waals surface area contributed by atoms with Gasteiger partial charge in [-0.05, 0) is 33.2 Å². The molecule has 0 spiro atoms. The van der Waals surface area contributed by atoms with Crippen LogP contribution in [-0.2, 0) is 14.3 Å². The molecular formula is C17H23ClFN3O6Si. The molecule has 1 fully saturated rings. The molecule has 0 unspecified atom stereocenters. The fraction of sp³-hybridized carbons (Fsp3) is 0.529. The number of hydrogen-bond donors (Lipinski definition) is 2. The molecule has 0 bridgehead atoms. The molecule has 2 N–H and O–H groups in total. The van der Waals surface area contributed by atoms with Crippen molar-refractivity contribution in [2.75, 3.05) is 12.8 Å². The number of hydrogen-bond acceptors (Lipinski definition) is 6. The SMILES string of the molecule is CC(C)(C)OC(=O)N1C[Si@@H](NC(=O)COc2cnc(Cl)c(F)c2)CC[C@@H]1C(=O)O. The van der Waals surface area contributed by atoms with Gasteiger partial charge in [-0.15, -0.1) is 0 Å². The number of aliphatic carboxylic acids is 1. The Kier molecular flexibility index (Phi) is 7.41. The normalized spacial score (nSPS) is 19.4. The van der Waals surface area contributed by atoms with Gasteiger partial charge in [-0.25, -0.2) is 19.0 Å². The third kappa shape index (κ3) is 6.86. The van der Waals surface area contributed by atoms with E-state index in [2.05, 4.69) is 9.97 Å². The highest BCUT2D eigenvalue weighted by atomic mass is 35.5. The number of carboxylic acid groups (broad SMARTS) is 1. The molecule has 2 atom stereocenters. The number of halogens is 2. The summed E-state index contributed by atoms with van der Waals surface area (Å²) >= 11 is 5.49. The molecule has 29 heavy (non-hydrogen) atoms. The van der Waals surface area contributed by atoms with Crippen LogP contribution in [0.3, 0.4) is 0 Å². The first-order chi connectivity index (χ1) is 13.5. The van der Waals surface area contributed by atoms with Crippen LogP contribution in [0.15, 0.2) is 12.3 Å². The van der Waals surface area contributed by atoms with Crippen LogP contribution in [0.25, 0.3) is 0 Å². The number of aromatic nitrogens is 1. The molecule has 0 aliphatic carbocycles. The van der Waals surface area contributed by atoms with Gasteiger partial charge in [0.15, 0.2) is 26.5 Å². The first-order valence-electron chi connectivity index (χ1n) is 8.92. The van der Waals surface area contributed by atoms with Crippen molar-refractivity contribution in [1.82, 2.24) is 14.9 Å². The monoisotopic (exact) mass is 447 g/mol. The highest BCUT2D eigenvalue weighted by molar-refractivity contribution is 6.59. The maximum atomic E-state index is 13.3. The zero-order valence-corrected chi connectivity index (χ0v) is 18.2. The fourth-order valence-electron chi connectivity index (χ4n) is 2.77. The molecule has 1 aromatic rings. The lowest BCUT2D eigenvalue weighted by atomic mass is 10.2. The van der Waals surface area contributed by atoms with E-state index in [9.17, 15) is 23.9 Å². The lowest BCUT2D eigenvalue weighted by Gasteiger charge is -2.37. The average Bonchev–Trinajstić information content (AvgIpc) is 2.61. The summed E-state index contributed by atoms with van der Waals surface area (Å²) in [5, 5.41) is 9.09. The Morgan fingerprint density at radius 1 is 1.45 bits per heavy atom. The van der Waals surface area contributed by atoms with Crippen LogP contribution in [0.2, 0.25) is 11.2 Å². The number of nitrogens with zero attached hydrogens (tertiary/aromatic N) is 2. The summed E-state index contributed by atoms with van der Waals surface area (Å²) in [6.07, 6.45) is 0.807. The Morgan fingerprint density at radius 3 is 2.72 bits per heavy atom. The molecule has 12 heteroatoms. The van der Waals surface area contributed by atoms with E-state index in [1.165, 1.54) is 6.20 Å². The summed E-state index contributed by atoms with van der Waals surface area (Å²) in [5.41, 5.74) is -0.770. The Bertz CT molecular complexity index is 791. The number of rotatable bonds is 5. The minimum absolute atomic E-state index is 0.0497. The van der Waals surface area contributed by atoms with Gasteiger partial charge in [0.2, 0.25) is 5.91 Å². The standard InChI is InChI=1S/C17H23ClFN3O6Si/c1-17(2,3)28-16(26)22-9-29(5-4-12(22)15(24)25)21-13(23)8-27-10-6-11(19)14(18)20-7-10/h6-7,12,29H,4-5,8-9H2,1-3H3,(H,21,23)(H,24,25)/t12-,29+/m1/s1. The predicted molar refractivity (Wildman–Crippen MR) is 104 cm³/mol. The van der Waals surface area contributed by atoms with Gasteiger partial charge in [-0.3, -0.25) is 9.69 Å². The maximum absolute atomic E-state index is 13.3. The van der Waals surface area contributed by atoms with Crippen molar-refractivity contribution in [2.45, 2.75) is 44.9 Å². The van der Waals surface area contributed by atoms with E-state index >= 15 is 0 Å². The van der Waals surface area contributed by atoms with Gasteiger partial charge < -0.3 is 19.6 Å². The van der Waals surface area contributed by atoms with Gasteiger partial charge in [0.05, 0.1) is 6.20 Å². The van der Waals surface area contributed by atoms with Crippen molar-refractivity contribution in [1.29, 1.82) is 0 Å². The van der Waals surface area contributed by atoms with Crippen molar-refractivity contribution in [3.05, 3.63) is 23.2 Å². The molecule has 160 valence electrons. The number of carbonyl (C=O) groups is 3. The molecule has 1 aliphatic heterocycles. The van der Waals surface area contributed by atoms with Crippen LogP contribution >= 0.6 is 11.6 Å². The maximum Gasteiger partial charge on any atom is 0.410 e. The first-order valence-corrected chi connectivity index (χ1v) is 11.5. The van der Waals surface area contributed by atoms with Gasteiger partial charge in [0.1, 0.15) is 17.4 Å². The average molecular weight is 448 g/mol. The van der Waals surface area contributed by atoms with Crippen molar-refractivity contribution < 1.29 is 33.4 Å². The minimum atomic E-state index is -2.02. The Balaban J connectivity index is 1.94. The first kappa shape index (κ1) is 22.9. The largest absolute Gasteiger partial charge is 0.482 e. The Labute approximate surface area is 173 Å². The molecular weight excluding hydrogens is 425 g/mol. The second kappa shape index (κ2) is 9.40. The van der Waals surface area contributed by atoms with E-state index in [0.717, 1.165) is 11.0 Å². The quantitative estimate of drug-likeness (QED) is 0.521. The lowest BCUT2D eigenvalue weighted by Crippen LogP contribution is -2.59. The predicted octanol–water partition coefficient (Wildman–Crippen LogP) is 1.73. The zero-order chi connectivity index (χ0) is 21.8. The van der Waals surface area contributed by atoms with E-state index < -0.39 is 44.4 Å². The van der Waals surface area contributed by atoms with E-state index in [1.807, 2.05) is 0 Å². The zero-order valence-electron chi connectivity index (χ0n) is 16.3. The van der Waals surface area contributed by atoms with Crippen LogP contribution in [0, 0.1) is 5.82 Å². The number of carbonyl (C=O) groups excluding carboxylic acids is 2. The highest BCUT2D eigenvalue weighted by Crippen LogP contribution is 2.21. The molecule has 2 heterocycles. The molecule has 2 rings (SSSR count). The third-order valence-corrected chi connectivity index (χ3v) is 6.87. The summed E-state index contributed by atoms with van der Waals surface area (Å²) in [7, 11) is -2.02. The van der Waals surface area contributed by atoms with Crippen LogP contribution in [0.1, 0.15) is 27.2 Å². The second-order valence-electron chi connectivity index (χ2n) is 7.56. The highest BCUT2D eigenvalue weighted by Gasteiger charge is 2.39. The van der Waals surface area contributed by atoms with Crippen LogP contribution in [0.4, 0.5) is 9.18 Å². The topological polar surface area (TPSA) is 118 Å². The van der Waals surface area contributed by atoms with E-state index in [0.29, 0.717) is 6.04 Å². The summed E-state index contributed by atoms with van der Waals surface area (Å²) < 4.78 is 23.8. The molecule has 0 aromatic carbocycles. The molecule has 0 saturated carbocycles. The van der Waals surface area contributed by atoms with Gasteiger partial charge in [0, 0.05) is 12.2 Å². The Morgan fingerprint density at radius 2 is 2.14 bits per heavy atom. The molecule has 1 aromatic heterocycles. The number of amides is 2. The summed E-state index contributed by atoms with van der Waals surface area (Å²) in [4.78, 5) is 43.6. The molecule has 2 amide bonds. The molecule has 1 saturated heterocycles. The van der Waals surface area contributed by atoms with Crippen LogP contribution in [-0.4, -0.2) is 66.3 Å². The van der Waals surface area contributed by atoms with Crippen molar-refractivity contribution in [2.24, 2.45) is 0 Å². The summed E-state index contributed by atoms with van der Waals surface area (Å²) in [5.74, 6) is -2.28. The van der Waals surface area contributed by atoms with E-state index in [4.69, 9.17) is 21.1 Å². The number of nitrogens with one attached hydrogen (secondary N) is 1. The van der Waals surface area contributed by atoms with Gasteiger partial charge >= 0.3 is 12.1 Å². The number of carboxylic acids is 1. The van der Waals surface area contributed by atoms with Crippen molar-refractivity contribution in [3.63, 3.8) is 0 Å². The van der Waals surface area contributed by atoms with Crippen molar-refractivity contribution >= 4 is 38.5 Å². The number of ether oxygens (including phenoxy) is 2. The fourth-order valence-corrected chi connectivity index (χ4v) is 5.43. The van der Waals surface area contributed by atoms with E-state index in [1.54, 1.807) is 20.8 Å².